The van der Waals surface area contributed by atoms with E-state index >= 15 is 0 Å². The summed E-state index contributed by atoms with van der Waals surface area (Å²) in [5.74, 6) is 0.960. The second-order valence-electron chi connectivity index (χ2n) is 5.65. The summed E-state index contributed by atoms with van der Waals surface area (Å²) in [5.41, 5.74) is 1.85. The number of carbonyl (C=O) groups excluding carboxylic acids is 1. The van der Waals surface area contributed by atoms with E-state index in [0.29, 0.717) is 6.04 Å². The molecule has 0 N–H and O–H groups in total. The van der Waals surface area contributed by atoms with Crippen LogP contribution in [0.25, 0.3) is 0 Å². The van der Waals surface area contributed by atoms with Crippen molar-refractivity contribution in [2.24, 2.45) is 0 Å². The molecule has 1 saturated heterocycles. The molecule has 0 bridgehead atoms. The number of rotatable bonds is 4. The molecule has 1 unspecified atom stereocenters. The van der Waals surface area contributed by atoms with Gasteiger partial charge < -0.3 is 9.64 Å². The summed E-state index contributed by atoms with van der Waals surface area (Å²) in [6.07, 6.45) is 0. The number of benzene rings is 1. The summed E-state index contributed by atoms with van der Waals surface area (Å²) in [7, 11) is 3.85. The molecule has 1 atom stereocenters. The SMILES string of the molecule is COc1ccc(C(C)=O)cc1CN1CCN(C)C(C)C1. The highest BCUT2D eigenvalue weighted by Gasteiger charge is 2.21. The second kappa shape index (κ2) is 6.37. The number of hydrogen-bond donors (Lipinski definition) is 0. The van der Waals surface area contributed by atoms with E-state index in [4.69, 9.17) is 4.74 Å². The molecule has 20 heavy (non-hydrogen) atoms. The maximum Gasteiger partial charge on any atom is 0.159 e. The summed E-state index contributed by atoms with van der Waals surface area (Å²) in [6.45, 7) is 7.86. The van der Waals surface area contributed by atoms with Crippen molar-refractivity contribution in [1.29, 1.82) is 0 Å². The van der Waals surface area contributed by atoms with E-state index in [2.05, 4.69) is 23.8 Å². The van der Waals surface area contributed by atoms with Crippen LogP contribution in [0.1, 0.15) is 29.8 Å². The summed E-state index contributed by atoms with van der Waals surface area (Å²) in [5, 5.41) is 0. The molecule has 1 fully saturated rings. The van der Waals surface area contributed by atoms with Crippen LogP contribution in [0, 0.1) is 0 Å². The molecule has 0 aliphatic carbocycles. The molecule has 0 spiro atoms. The monoisotopic (exact) mass is 276 g/mol. The fourth-order valence-corrected chi connectivity index (χ4v) is 2.63. The van der Waals surface area contributed by atoms with Crippen molar-refractivity contribution >= 4 is 5.78 Å². The highest BCUT2D eigenvalue weighted by molar-refractivity contribution is 5.94. The maximum atomic E-state index is 11.5. The van der Waals surface area contributed by atoms with Gasteiger partial charge in [0.15, 0.2) is 5.78 Å². The number of methoxy groups -OCH3 is 1. The molecule has 110 valence electrons. The van der Waals surface area contributed by atoms with Crippen LogP contribution in [0.15, 0.2) is 18.2 Å². The first-order chi connectivity index (χ1) is 9.51. The van der Waals surface area contributed by atoms with E-state index in [1.54, 1.807) is 14.0 Å². The molecule has 0 saturated carbocycles. The molecule has 0 radical (unpaired) electrons. The molecule has 0 aromatic heterocycles. The summed E-state index contributed by atoms with van der Waals surface area (Å²) >= 11 is 0. The van der Waals surface area contributed by atoms with Gasteiger partial charge in [-0.1, -0.05) is 0 Å². The van der Waals surface area contributed by atoms with Crippen LogP contribution in [-0.4, -0.2) is 55.4 Å². The van der Waals surface area contributed by atoms with Crippen molar-refractivity contribution in [1.82, 2.24) is 9.80 Å². The normalized spacial score (nSPS) is 20.9. The molecule has 1 aliphatic rings. The van der Waals surface area contributed by atoms with Crippen LogP contribution in [0.2, 0.25) is 0 Å². The third-order valence-corrected chi connectivity index (χ3v) is 4.12. The minimum absolute atomic E-state index is 0.0978. The van der Waals surface area contributed by atoms with E-state index in [-0.39, 0.29) is 5.78 Å². The Bertz CT molecular complexity index is 487. The minimum Gasteiger partial charge on any atom is -0.496 e. The molecular formula is C16H24N2O2. The fourth-order valence-electron chi connectivity index (χ4n) is 2.63. The Balaban J connectivity index is 2.15. The van der Waals surface area contributed by atoms with Gasteiger partial charge >= 0.3 is 0 Å². The van der Waals surface area contributed by atoms with Gasteiger partial charge in [0.05, 0.1) is 7.11 Å². The Labute approximate surface area is 121 Å². The summed E-state index contributed by atoms with van der Waals surface area (Å²) < 4.78 is 5.42. The number of ether oxygens (including phenoxy) is 1. The van der Waals surface area contributed by atoms with Crippen LogP contribution in [-0.2, 0) is 6.54 Å². The van der Waals surface area contributed by atoms with Crippen LogP contribution >= 0.6 is 0 Å². The first-order valence-electron chi connectivity index (χ1n) is 7.11. The van der Waals surface area contributed by atoms with Crippen LogP contribution in [0.3, 0.4) is 0 Å². The standard InChI is InChI=1S/C16H24N2O2/c1-12-10-18(8-7-17(12)3)11-15-9-14(13(2)19)5-6-16(15)20-4/h5-6,9,12H,7-8,10-11H2,1-4H3. The van der Waals surface area contributed by atoms with Gasteiger partial charge in [0.1, 0.15) is 5.75 Å². The lowest BCUT2D eigenvalue weighted by molar-refractivity contribution is 0.0988. The zero-order chi connectivity index (χ0) is 14.7. The summed E-state index contributed by atoms with van der Waals surface area (Å²) in [4.78, 5) is 16.3. The number of ketones is 1. The van der Waals surface area contributed by atoms with Crippen molar-refractivity contribution in [2.45, 2.75) is 26.4 Å². The molecule has 1 aromatic carbocycles. The Morgan fingerprint density at radius 1 is 1.40 bits per heavy atom. The van der Waals surface area contributed by atoms with Crippen molar-refractivity contribution in [3.05, 3.63) is 29.3 Å². The maximum absolute atomic E-state index is 11.5. The minimum atomic E-state index is 0.0978. The fraction of sp³-hybridized carbons (Fsp3) is 0.562. The van der Waals surface area contributed by atoms with Gasteiger partial charge in [-0.05, 0) is 39.1 Å². The van der Waals surface area contributed by atoms with Crippen molar-refractivity contribution in [3.63, 3.8) is 0 Å². The lowest BCUT2D eigenvalue weighted by atomic mass is 10.1. The first kappa shape index (κ1) is 15.0. The molecule has 1 aromatic rings. The van der Waals surface area contributed by atoms with Crippen molar-refractivity contribution in [2.75, 3.05) is 33.8 Å². The molecule has 4 heteroatoms. The van der Waals surface area contributed by atoms with E-state index in [1.165, 1.54) is 0 Å². The lowest BCUT2D eigenvalue weighted by Crippen LogP contribution is -2.49. The molecular weight excluding hydrogens is 252 g/mol. The lowest BCUT2D eigenvalue weighted by Gasteiger charge is -2.37. The third-order valence-electron chi connectivity index (χ3n) is 4.12. The smallest absolute Gasteiger partial charge is 0.159 e. The number of carbonyl (C=O) groups is 1. The number of hydrogen-bond acceptors (Lipinski definition) is 4. The van der Waals surface area contributed by atoms with Gasteiger partial charge in [0.2, 0.25) is 0 Å². The quantitative estimate of drug-likeness (QED) is 0.788. The number of piperazine rings is 1. The van der Waals surface area contributed by atoms with Crippen molar-refractivity contribution in [3.8, 4) is 5.75 Å². The second-order valence-corrected chi connectivity index (χ2v) is 5.65. The average molecular weight is 276 g/mol. The van der Waals surface area contributed by atoms with E-state index < -0.39 is 0 Å². The highest BCUT2D eigenvalue weighted by atomic mass is 16.5. The Hall–Kier alpha value is -1.39. The molecule has 1 aliphatic heterocycles. The summed E-state index contributed by atoms with van der Waals surface area (Å²) in [6, 6.07) is 6.25. The number of nitrogens with zero attached hydrogens (tertiary/aromatic N) is 2. The van der Waals surface area contributed by atoms with Gasteiger partial charge in [0.25, 0.3) is 0 Å². The first-order valence-corrected chi connectivity index (χ1v) is 7.11. The number of Topliss-reactive ketones (excluding diaryl/α,β-unsaturated/α-hetero) is 1. The van der Waals surface area contributed by atoms with Crippen molar-refractivity contribution < 1.29 is 9.53 Å². The molecule has 2 rings (SSSR count). The van der Waals surface area contributed by atoms with Crippen LogP contribution in [0.4, 0.5) is 0 Å². The van der Waals surface area contributed by atoms with Crippen LogP contribution < -0.4 is 4.74 Å². The largest absolute Gasteiger partial charge is 0.496 e. The van der Waals surface area contributed by atoms with Gasteiger partial charge in [-0.25, -0.2) is 0 Å². The highest BCUT2D eigenvalue weighted by Crippen LogP contribution is 2.23. The van der Waals surface area contributed by atoms with E-state index in [1.807, 2.05) is 18.2 Å². The van der Waals surface area contributed by atoms with Gasteiger partial charge in [0, 0.05) is 43.3 Å². The van der Waals surface area contributed by atoms with E-state index in [9.17, 15) is 4.79 Å². The average Bonchev–Trinajstić information content (AvgIpc) is 2.42. The topological polar surface area (TPSA) is 32.8 Å². The molecule has 4 nitrogen and oxygen atoms in total. The Morgan fingerprint density at radius 3 is 2.75 bits per heavy atom. The predicted molar refractivity (Wildman–Crippen MR) is 80.4 cm³/mol. The van der Waals surface area contributed by atoms with Crippen LogP contribution in [0.5, 0.6) is 5.75 Å². The predicted octanol–water partition coefficient (Wildman–Crippen LogP) is 2.03. The van der Waals surface area contributed by atoms with E-state index in [0.717, 1.165) is 43.1 Å². The Morgan fingerprint density at radius 2 is 2.15 bits per heavy atom. The number of likely N-dealkylation sites (N-methyl/N-ethyl adjacent to an activating group) is 1. The van der Waals surface area contributed by atoms with Gasteiger partial charge in [-0.2, -0.15) is 0 Å². The third kappa shape index (κ3) is 3.38. The van der Waals surface area contributed by atoms with Gasteiger partial charge in [-0.15, -0.1) is 0 Å². The Kier molecular flexibility index (Phi) is 4.78. The molecule has 0 amide bonds. The molecule has 1 heterocycles. The zero-order valence-electron chi connectivity index (χ0n) is 12.8. The zero-order valence-corrected chi connectivity index (χ0v) is 12.8. The van der Waals surface area contributed by atoms with Gasteiger partial charge in [-0.3, -0.25) is 9.69 Å².